The molecular weight excluding hydrogens is 560 g/mol. The molecule has 1 N–H and O–H groups in total. The van der Waals surface area contributed by atoms with Gasteiger partial charge < -0.3 is 19.2 Å². The molecule has 0 unspecified atom stereocenters. The lowest BCUT2D eigenvalue weighted by atomic mass is 9.85. The predicted molar refractivity (Wildman–Crippen MR) is 183 cm³/mol. The molecule has 6 heteroatoms. The molecule has 0 spiro atoms. The topological polar surface area (TPSA) is 65.9 Å². The Morgan fingerprint density at radius 2 is 1.67 bits per heavy atom. The van der Waals surface area contributed by atoms with Crippen molar-refractivity contribution < 1.29 is 19.1 Å². The van der Waals surface area contributed by atoms with Crippen molar-refractivity contribution in [2.75, 3.05) is 24.5 Å². The van der Waals surface area contributed by atoms with Gasteiger partial charge in [-0.05, 0) is 57.0 Å². The first kappa shape index (κ1) is 30.7. The predicted octanol–water partition coefficient (Wildman–Crippen LogP) is 8.70. The summed E-state index contributed by atoms with van der Waals surface area (Å²) in [5.41, 5.74) is 7.87. The number of aromatic carboxylic acids is 1. The molecule has 0 radical (unpaired) electrons. The van der Waals surface area contributed by atoms with E-state index in [1.165, 1.54) is 5.57 Å². The number of anilines is 1. The van der Waals surface area contributed by atoms with Gasteiger partial charge in [-0.1, -0.05) is 51.0 Å². The van der Waals surface area contributed by atoms with Crippen LogP contribution in [0.5, 0.6) is 5.75 Å². The zero-order valence-electron chi connectivity index (χ0n) is 27.5. The zero-order chi connectivity index (χ0) is 31.9. The second-order valence-electron chi connectivity index (χ2n) is 12.9. The number of allylic oxidation sites excluding steroid dienone is 1. The normalized spacial score (nSPS) is 14.7. The molecule has 234 valence electrons. The quantitative estimate of drug-likeness (QED) is 0.193. The minimum atomic E-state index is -0.954. The third-order valence-corrected chi connectivity index (χ3v) is 9.39. The fourth-order valence-electron chi connectivity index (χ4n) is 7.19. The summed E-state index contributed by atoms with van der Waals surface area (Å²) in [6.07, 6.45) is 6.83. The highest BCUT2D eigenvalue weighted by Crippen LogP contribution is 2.51. The van der Waals surface area contributed by atoms with Gasteiger partial charge in [0.1, 0.15) is 37.0 Å². The van der Waals surface area contributed by atoms with Gasteiger partial charge in [-0.3, -0.25) is 0 Å². The molecule has 2 aromatic carbocycles. The molecule has 0 fully saturated rings. The Labute approximate surface area is 266 Å². The van der Waals surface area contributed by atoms with Crippen LogP contribution in [0, 0.1) is 0 Å². The van der Waals surface area contributed by atoms with Crippen LogP contribution in [0.2, 0.25) is 0 Å². The smallest absolute Gasteiger partial charge is 0.336 e. The summed E-state index contributed by atoms with van der Waals surface area (Å²) in [7, 11) is 0. The van der Waals surface area contributed by atoms with Crippen molar-refractivity contribution in [2.45, 2.75) is 79.4 Å². The van der Waals surface area contributed by atoms with Gasteiger partial charge in [0.05, 0.1) is 22.7 Å². The average Bonchev–Trinajstić information content (AvgIpc) is 3.02. The number of likely N-dealkylation sites (N-methyl/N-ethyl adjacent to an activating group) is 1. The van der Waals surface area contributed by atoms with Crippen molar-refractivity contribution in [2.24, 2.45) is 0 Å². The molecule has 2 aromatic rings. The van der Waals surface area contributed by atoms with E-state index in [9.17, 15) is 9.90 Å². The Morgan fingerprint density at radius 3 is 2.36 bits per heavy atom. The number of carboxylic acid groups (broad SMARTS) is 1. The highest BCUT2D eigenvalue weighted by molar-refractivity contribution is 6.01. The molecule has 6 rings (SSSR count). The molecule has 0 atom stereocenters. The number of benzene rings is 3. The van der Waals surface area contributed by atoms with E-state index in [0.717, 1.165) is 101 Å². The van der Waals surface area contributed by atoms with Crippen molar-refractivity contribution in [1.29, 1.82) is 0 Å². The first-order valence-electron chi connectivity index (χ1n) is 16.5. The summed E-state index contributed by atoms with van der Waals surface area (Å²) in [4.78, 5) is 14.9. The van der Waals surface area contributed by atoms with Crippen LogP contribution in [0.1, 0.15) is 88.7 Å². The fraction of sp³-hybridized carbons (Fsp3) is 0.385. The average molecular weight is 606 g/mol. The Balaban J connectivity index is 1.66. The van der Waals surface area contributed by atoms with E-state index in [4.69, 9.17) is 9.15 Å². The van der Waals surface area contributed by atoms with Crippen LogP contribution in [-0.2, 0) is 6.61 Å². The third kappa shape index (κ3) is 5.45. The van der Waals surface area contributed by atoms with Crippen molar-refractivity contribution in [3.8, 4) is 39.5 Å². The summed E-state index contributed by atoms with van der Waals surface area (Å²) in [6, 6.07) is 18.0. The SMILES string of the molecule is CCCC[N+](CCCC)=c1ccc2c(-c3ccccc3C(=O)O)c3c(oc-2c1)-c1cc2c(cc1OC3)N(CC)C(C)(C)C=C2C. The lowest BCUT2D eigenvalue weighted by Crippen LogP contribution is -2.44. The Kier molecular flexibility index (Phi) is 8.34. The lowest BCUT2D eigenvalue weighted by molar-refractivity contribution is 0.0697. The van der Waals surface area contributed by atoms with Gasteiger partial charge >= 0.3 is 5.97 Å². The number of hydrogen-bond acceptors (Lipinski definition) is 4. The Bertz CT molecular complexity index is 1830. The monoisotopic (exact) mass is 605 g/mol. The van der Waals surface area contributed by atoms with E-state index in [1.54, 1.807) is 12.1 Å². The van der Waals surface area contributed by atoms with Crippen LogP contribution in [0.15, 0.2) is 65.1 Å². The summed E-state index contributed by atoms with van der Waals surface area (Å²) in [5, 5.41) is 11.4. The van der Waals surface area contributed by atoms with Crippen molar-refractivity contribution in [1.82, 2.24) is 4.58 Å². The Morgan fingerprint density at radius 1 is 0.933 bits per heavy atom. The minimum Gasteiger partial charge on any atom is -0.488 e. The summed E-state index contributed by atoms with van der Waals surface area (Å²) >= 11 is 0. The molecule has 4 aliphatic rings. The maximum absolute atomic E-state index is 12.5. The molecule has 45 heavy (non-hydrogen) atoms. The molecule has 0 aromatic heterocycles. The van der Waals surface area contributed by atoms with E-state index in [1.807, 2.05) is 12.1 Å². The standard InChI is InChI=1S/C39H44N2O4/c1-7-10-18-40(19-11-8-2)26-16-17-29-35(20-26)45-37-31-21-30-25(4)23-39(5,6)41(9-3)33(30)22-34(31)44-24-32(37)36(29)27-14-12-13-15-28(27)38(42)43/h12-17,20-23H,7-11,18-19,24H2,1-6H3/p+1. The number of hydrogen-bond donors (Lipinski definition) is 1. The van der Waals surface area contributed by atoms with Gasteiger partial charge in [-0.25, -0.2) is 9.37 Å². The van der Waals surface area contributed by atoms with Crippen LogP contribution in [-0.4, -0.2) is 36.2 Å². The molecule has 0 amide bonds. The number of ether oxygens (including phenoxy) is 1. The molecule has 0 bridgehead atoms. The van der Waals surface area contributed by atoms with E-state index >= 15 is 0 Å². The van der Waals surface area contributed by atoms with Gasteiger partial charge in [-0.15, -0.1) is 0 Å². The van der Waals surface area contributed by atoms with Crippen LogP contribution in [0.25, 0.3) is 39.3 Å². The van der Waals surface area contributed by atoms with E-state index in [0.29, 0.717) is 5.56 Å². The minimum absolute atomic E-state index is 0.112. The summed E-state index contributed by atoms with van der Waals surface area (Å²) < 4.78 is 15.9. The Hall–Kier alpha value is -4.32. The lowest BCUT2D eigenvalue weighted by Gasteiger charge is -2.43. The second-order valence-corrected chi connectivity index (χ2v) is 12.9. The van der Waals surface area contributed by atoms with Crippen molar-refractivity contribution in [3.05, 3.63) is 82.7 Å². The van der Waals surface area contributed by atoms with Gasteiger partial charge in [0, 0.05) is 59.5 Å². The highest BCUT2D eigenvalue weighted by Gasteiger charge is 2.35. The summed E-state index contributed by atoms with van der Waals surface area (Å²) in [5.74, 6) is 1.32. The van der Waals surface area contributed by atoms with E-state index < -0.39 is 5.97 Å². The number of rotatable bonds is 9. The molecule has 3 heterocycles. The maximum Gasteiger partial charge on any atom is 0.336 e. The molecule has 0 saturated carbocycles. The van der Waals surface area contributed by atoms with Crippen molar-refractivity contribution >= 4 is 17.2 Å². The second kappa shape index (κ2) is 12.2. The number of unbranched alkanes of at least 4 members (excludes halogenated alkanes) is 2. The first-order chi connectivity index (χ1) is 21.7. The first-order valence-corrected chi connectivity index (χ1v) is 16.5. The van der Waals surface area contributed by atoms with Crippen LogP contribution >= 0.6 is 0 Å². The largest absolute Gasteiger partial charge is 0.488 e. The van der Waals surface area contributed by atoms with Crippen LogP contribution in [0.3, 0.4) is 0 Å². The van der Waals surface area contributed by atoms with E-state index in [-0.39, 0.29) is 17.7 Å². The number of nitrogens with zero attached hydrogens (tertiary/aromatic N) is 2. The van der Waals surface area contributed by atoms with Crippen molar-refractivity contribution in [3.63, 3.8) is 0 Å². The third-order valence-electron chi connectivity index (χ3n) is 9.39. The van der Waals surface area contributed by atoms with Crippen LogP contribution in [0.4, 0.5) is 5.69 Å². The molecule has 0 saturated heterocycles. The summed E-state index contributed by atoms with van der Waals surface area (Å²) in [6.45, 7) is 16.4. The highest BCUT2D eigenvalue weighted by atomic mass is 16.5. The number of carboxylic acids is 1. The van der Waals surface area contributed by atoms with Gasteiger partial charge in [0.2, 0.25) is 5.36 Å². The molecule has 3 aliphatic heterocycles. The van der Waals surface area contributed by atoms with Gasteiger partial charge in [-0.2, -0.15) is 0 Å². The molecular formula is C39H45N2O4+. The number of fused-ring (bicyclic) bond motifs is 5. The maximum atomic E-state index is 12.5. The fourth-order valence-corrected chi connectivity index (χ4v) is 7.19. The number of carbonyl (C=O) groups is 1. The molecule has 1 aliphatic carbocycles. The van der Waals surface area contributed by atoms with Gasteiger partial charge in [0.25, 0.3) is 0 Å². The molecule has 6 nitrogen and oxygen atoms in total. The van der Waals surface area contributed by atoms with Gasteiger partial charge in [0.15, 0.2) is 0 Å². The zero-order valence-corrected chi connectivity index (χ0v) is 27.5. The van der Waals surface area contributed by atoms with E-state index in [2.05, 4.69) is 87.4 Å². The van der Waals surface area contributed by atoms with Crippen LogP contribution < -0.4 is 19.6 Å².